The molecule has 5 nitrogen and oxygen atoms in total. The molecule has 0 fully saturated rings. The monoisotopic (exact) mass is 294 g/mol. The lowest BCUT2D eigenvalue weighted by Gasteiger charge is -2.18. The first-order valence-electron chi connectivity index (χ1n) is 6.30. The van der Waals surface area contributed by atoms with Gasteiger partial charge >= 0.3 is 5.97 Å². The van der Waals surface area contributed by atoms with Crippen molar-refractivity contribution in [3.05, 3.63) is 35.9 Å². The highest BCUT2D eigenvalue weighted by Gasteiger charge is 2.20. The minimum Gasteiger partial charge on any atom is -0.480 e. The van der Waals surface area contributed by atoms with Crippen molar-refractivity contribution in [2.45, 2.75) is 26.3 Å². The summed E-state index contributed by atoms with van der Waals surface area (Å²) in [5.74, 6) is -1.15. The smallest absolute Gasteiger partial charge is 0.326 e. The van der Waals surface area contributed by atoms with Crippen LogP contribution in [-0.2, 0) is 4.79 Å². The number of amides is 1. The van der Waals surface area contributed by atoms with Crippen LogP contribution in [0.25, 0.3) is 0 Å². The number of rotatable bonds is 5. The predicted molar refractivity (Wildman–Crippen MR) is 80.5 cm³/mol. The molecule has 0 aromatic heterocycles. The molecular formula is C14H18N2O3S. The van der Waals surface area contributed by atoms with E-state index in [2.05, 4.69) is 10.6 Å². The molecule has 0 saturated heterocycles. The molecule has 6 heteroatoms. The zero-order chi connectivity index (χ0) is 15.1. The summed E-state index contributed by atoms with van der Waals surface area (Å²) in [4.78, 5) is 22.9. The lowest BCUT2D eigenvalue weighted by atomic mass is 10.0. The van der Waals surface area contributed by atoms with Crippen molar-refractivity contribution in [1.29, 1.82) is 0 Å². The molecule has 0 aliphatic rings. The molecule has 1 atom stereocenters. The van der Waals surface area contributed by atoms with Crippen molar-refractivity contribution in [2.75, 3.05) is 0 Å². The first kappa shape index (κ1) is 16.1. The second kappa shape index (κ2) is 7.59. The fraction of sp³-hybridized carbons (Fsp3) is 0.357. The quantitative estimate of drug-likeness (QED) is 0.722. The topological polar surface area (TPSA) is 78.4 Å². The Morgan fingerprint density at radius 2 is 1.85 bits per heavy atom. The van der Waals surface area contributed by atoms with Gasteiger partial charge in [0.1, 0.15) is 6.04 Å². The number of carbonyl (C=O) groups excluding carboxylic acids is 1. The maximum Gasteiger partial charge on any atom is 0.326 e. The Hall–Kier alpha value is -1.95. The Morgan fingerprint density at radius 1 is 1.25 bits per heavy atom. The van der Waals surface area contributed by atoms with Crippen molar-refractivity contribution in [3.63, 3.8) is 0 Å². The molecule has 108 valence electrons. The highest BCUT2D eigenvalue weighted by Crippen LogP contribution is 2.05. The van der Waals surface area contributed by atoms with Crippen LogP contribution in [0.3, 0.4) is 0 Å². The van der Waals surface area contributed by atoms with Crippen LogP contribution >= 0.6 is 12.2 Å². The third kappa shape index (κ3) is 5.36. The van der Waals surface area contributed by atoms with Crippen LogP contribution in [0.2, 0.25) is 0 Å². The van der Waals surface area contributed by atoms with Crippen molar-refractivity contribution < 1.29 is 14.7 Å². The van der Waals surface area contributed by atoms with E-state index in [1.807, 2.05) is 13.8 Å². The third-order valence-electron chi connectivity index (χ3n) is 2.57. The Kier molecular flexibility index (Phi) is 6.11. The van der Waals surface area contributed by atoms with E-state index in [0.717, 1.165) is 0 Å². The van der Waals surface area contributed by atoms with E-state index in [-0.39, 0.29) is 16.9 Å². The second-order valence-corrected chi connectivity index (χ2v) is 5.22. The van der Waals surface area contributed by atoms with E-state index in [1.165, 1.54) is 0 Å². The van der Waals surface area contributed by atoms with Gasteiger partial charge in [0, 0.05) is 5.56 Å². The molecule has 0 saturated carbocycles. The molecule has 1 aromatic carbocycles. The van der Waals surface area contributed by atoms with Gasteiger partial charge in [0.25, 0.3) is 5.91 Å². The summed E-state index contributed by atoms with van der Waals surface area (Å²) in [6, 6.07) is 7.78. The normalized spacial score (nSPS) is 11.8. The number of hydrogen-bond donors (Lipinski definition) is 3. The maximum absolute atomic E-state index is 11.8. The minimum atomic E-state index is -0.991. The van der Waals surface area contributed by atoms with Gasteiger partial charge in [-0.25, -0.2) is 4.79 Å². The summed E-state index contributed by atoms with van der Waals surface area (Å²) in [5, 5.41) is 14.2. The van der Waals surface area contributed by atoms with E-state index in [9.17, 15) is 9.59 Å². The number of nitrogens with one attached hydrogen (secondary N) is 2. The molecule has 1 rings (SSSR count). The van der Waals surface area contributed by atoms with Gasteiger partial charge in [-0.3, -0.25) is 10.1 Å². The first-order chi connectivity index (χ1) is 9.40. The van der Waals surface area contributed by atoms with Gasteiger partial charge in [0.15, 0.2) is 5.11 Å². The van der Waals surface area contributed by atoms with Gasteiger partial charge in [0.05, 0.1) is 0 Å². The lowest BCUT2D eigenvalue weighted by molar-refractivity contribution is -0.139. The Bertz CT molecular complexity index is 488. The molecule has 0 radical (unpaired) electrons. The van der Waals surface area contributed by atoms with Gasteiger partial charge in [0.2, 0.25) is 0 Å². The van der Waals surface area contributed by atoms with Crippen molar-refractivity contribution >= 4 is 29.2 Å². The van der Waals surface area contributed by atoms with Gasteiger partial charge < -0.3 is 10.4 Å². The van der Waals surface area contributed by atoms with E-state index < -0.39 is 12.0 Å². The number of carbonyl (C=O) groups is 2. The zero-order valence-corrected chi connectivity index (χ0v) is 12.2. The molecule has 0 spiro atoms. The lowest BCUT2D eigenvalue weighted by Crippen LogP contribution is -2.48. The summed E-state index contributed by atoms with van der Waals surface area (Å²) in [5.41, 5.74) is 0.465. The fourth-order valence-corrected chi connectivity index (χ4v) is 1.89. The van der Waals surface area contributed by atoms with Crippen molar-refractivity contribution in [1.82, 2.24) is 10.6 Å². The summed E-state index contributed by atoms with van der Waals surface area (Å²) in [7, 11) is 0. The summed E-state index contributed by atoms with van der Waals surface area (Å²) in [6.07, 6.45) is 0.427. The van der Waals surface area contributed by atoms with Crippen LogP contribution in [0, 0.1) is 5.92 Å². The van der Waals surface area contributed by atoms with Crippen LogP contribution in [-0.4, -0.2) is 28.1 Å². The number of benzene rings is 1. The van der Waals surface area contributed by atoms with E-state index in [1.54, 1.807) is 30.3 Å². The minimum absolute atomic E-state index is 0.0203. The number of thiocarbonyl (C=S) groups is 1. The van der Waals surface area contributed by atoms with Gasteiger partial charge in [-0.2, -0.15) is 0 Å². The van der Waals surface area contributed by atoms with E-state index >= 15 is 0 Å². The van der Waals surface area contributed by atoms with Gasteiger partial charge in [-0.05, 0) is 36.7 Å². The number of carboxylic acid groups (broad SMARTS) is 1. The Labute approximate surface area is 123 Å². The molecular weight excluding hydrogens is 276 g/mol. The maximum atomic E-state index is 11.8. The summed E-state index contributed by atoms with van der Waals surface area (Å²) < 4.78 is 0. The SMILES string of the molecule is CC(C)CC(NC(=S)NC(=O)c1ccccc1)C(=O)O. The number of aliphatic carboxylic acids is 1. The number of hydrogen-bond acceptors (Lipinski definition) is 3. The van der Waals surface area contributed by atoms with Crippen molar-refractivity contribution in [2.24, 2.45) is 5.92 Å². The first-order valence-corrected chi connectivity index (χ1v) is 6.70. The van der Waals surface area contributed by atoms with Gasteiger partial charge in [-0.15, -0.1) is 0 Å². The van der Waals surface area contributed by atoms with Crippen LogP contribution in [0.1, 0.15) is 30.6 Å². The molecule has 0 aliphatic heterocycles. The second-order valence-electron chi connectivity index (χ2n) is 4.81. The molecule has 0 bridgehead atoms. The standard InChI is InChI=1S/C14H18N2O3S/c1-9(2)8-11(13(18)19)15-14(20)16-12(17)10-6-4-3-5-7-10/h3-7,9,11H,8H2,1-2H3,(H,18,19)(H2,15,16,17,20). The molecule has 1 unspecified atom stereocenters. The van der Waals surface area contributed by atoms with Crippen LogP contribution in [0.15, 0.2) is 30.3 Å². The van der Waals surface area contributed by atoms with Crippen molar-refractivity contribution in [3.8, 4) is 0 Å². The largest absolute Gasteiger partial charge is 0.480 e. The summed E-state index contributed by atoms with van der Waals surface area (Å²) >= 11 is 4.97. The average Bonchev–Trinajstić information content (AvgIpc) is 2.38. The predicted octanol–water partition coefficient (Wildman–Crippen LogP) is 1.79. The molecule has 1 aromatic rings. The van der Waals surface area contributed by atoms with Crippen LogP contribution in [0.5, 0.6) is 0 Å². The average molecular weight is 294 g/mol. The molecule has 0 aliphatic carbocycles. The van der Waals surface area contributed by atoms with E-state index in [0.29, 0.717) is 12.0 Å². The number of carboxylic acids is 1. The Morgan fingerprint density at radius 3 is 2.35 bits per heavy atom. The zero-order valence-electron chi connectivity index (χ0n) is 11.4. The van der Waals surface area contributed by atoms with Crippen LogP contribution < -0.4 is 10.6 Å². The molecule has 3 N–H and O–H groups in total. The third-order valence-corrected chi connectivity index (χ3v) is 2.79. The molecule has 1 amide bonds. The van der Waals surface area contributed by atoms with Crippen LogP contribution in [0.4, 0.5) is 0 Å². The fourth-order valence-electron chi connectivity index (χ4n) is 1.65. The highest BCUT2D eigenvalue weighted by atomic mass is 32.1. The molecule has 0 heterocycles. The van der Waals surface area contributed by atoms with Gasteiger partial charge in [-0.1, -0.05) is 32.0 Å². The highest BCUT2D eigenvalue weighted by molar-refractivity contribution is 7.80. The Balaban J connectivity index is 2.58. The molecule has 20 heavy (non-hydrogen) atoms. The summed E-state index contributed by atoms with van der Waals surface area (Å²) in [6.45, 7) is 3.84. The van der Waals surface area contributed by atoms with E-state index in [4.69, 9.17) is 17.3 Å².